The third kappa shape index (κ3) is 18.0. The summed E-state index contributed by atoms with van der Waals surface area (Å²) in [5.41, 5.74) is 26.9. The van der Waals surface area contributed by atoms with Gasteiger partial charge in [-0.25, -0.2) is 17.6 Å². The van der Waals surface area contributed by atoms with Gasteiger partial charge in [0.1, 0.15) is 23.3 Å². The van der Waals surface area contributed by atoms with Crippen LogP contribution in [0.2, 0.25) is 0 Å². The van der Waals surface area contributed by atoms with Crippen LogP contribution in [0.25, 0.3) is 154 Å². The first kappa shape index (κ1) is 100. The van der Waals surface area contributed by atoms with E-state index in [-0.39, 0.29) is 59.7 Å². The fourth-order valence-electron chi connectivity index (χ4n) is 20.1. The summed E-state index contributed by atoms with van der Waals surface area (Å²) in [4.78, 5) is 5.54. The standard InChI is InChI=1S/C94H103N5S.C20H25N.C14H7F4NS/c1-87(2,3)56-28-38-74-65(46-56)66-47-57(88(4,5)6)29-39-75(66)96(74)83-73(54-95)84(97-76-40-30-58(89(7,8)9)48-67(76)68-49-59(90(10,11)12)31-41-77(68)97)86(99-80-44-34-62(93(19,20)21)52-71(80)72-53-63(94(22,23)24)35-45-81(72)99)82(55-26-36-64(100-25)37-27-55)85(83)98-78-42-32-60(91(13,14)15)50-69(78)70-51-61(92(16,17)18)33-43-79(70)98;1-19(2,3)13-7-9-17-15(11-13)16-12-14(20(4,5)6)8-10-18(16)21-17;1-20-8-4-2-7(3-5-8)10-13(17)11(15)9(6-19)12(16)14(10)18/h26-53H,1-25H3;7-12,21H,1-6H3;2-5H,1H3. The summed E-state index contributed by atoms with van der Waals surface area (Å²) in [5.74, 6) is -6.51. The quantitative estimate of drug-likeness (QED) is 0.0933. The Kier molecular flexibility index (Phi) is 25.0. The average Bonchev–Trinajstić information content (AvgIpc) is 1.53. The highest BCUT2D eigenvalue weighted by Gasteiger charge is 2.39. The highest BCUT2D eigenvalue weighted by molar-refractivity contribution is 7.98. The number of nitrogens with one attached hydrogen (secondary N) is 1. The van der Waals surface area contributed by atoms with Crippen molar-refractivity contribution in [1.29, 1.82) is 10.5 Å². The zero-order valence-electron chi connectivity index (χ0n) is 88.5. The number of thioether (sulfide) groups is 2. The molecule has 0 saturated carbocycles. The van der Waals surface area contributed by atoms with E-state index in [1.54, 1.807) is 23.9 Å². The van der Waals surface area contributed by atoms with Crippen LogP contribution >= 0.6 is 23.5 Å². The molecule has 7 nitrogen and oxygen atoms in total. The van der Waals surface area contributed by atoms with Gasteiger partial charge in [-0.1, -0.05) is 293 Å². The smallest absolute Gasteiger partial charge is 0.180 e. The van der Waals surface area contributed by atoms with E-state index >= 15 is 0 Å². The summed E-state index contributed by atoms with van der Waals surface area (Å²) < 4.78 is 64.9. The van der Waals surface area contributed by atoms with Crippen LogP contribution in [0.5, 0.6) is 0 Å². The fraction of sp³-hybridized carbons (Fsp3) is 0.328. The molecule has 0 spiro atoms. The predicted molar refractivity (Wildman–Crippen MR) is 597 cm³/mol. The first-order valence-electron chi connectivity index (χ1n) is 49.4. The molecule has 0 amide bonds. The van der Waals surface area contributed by atoms with Crippen LogP contribution < -0.4 is 0 Å². The van der Waals surface area contributed by atoms with E-state index in [0.29, 0.717) is 5.56 Å². The van der Waals surface area contributed by atoms with Crippen molar-refractivity contribution in [2.75, 3.05) is 12.5 Å². The molecular weight excluding hydrogens is 1780 g/mol. The largest absolute Gasteiger partial charge is 0.355 e. The van der Waals surface area contributed by atoms with E-state index in [9.17, 15) is 22.8 Å². The lowest BCUT2D eigenvalue weighted by Gasteiger charge is -2.30. The Morgan fingerprint density at radius 2 is 0.404 bits per heavy atom. The van der Waals surface area contributed by atoms with Gasteiger partial charge in [0.2, 0.25) is 0 Å². The maximum absolute atomic E-state index is 13.8. The molecule has 5 heterocycles. The molecule has 0 aliphatic heterocycles. The van der Waals surface area contributed by atoms with Gasteiger partial charge in [0.25, 0.3) is 0 Å². The molecule has 0 fully saturated rings. The minimum atomic E-state index is -1.68. The summed E-state index contributed by atoms with van der Waals surface area (Å²) in [6.45, 7) is 69.4. The SMILES string of the molecule is CC(C)(C)c1ccc2[nH]c3ccc(C(C)(C)C)cc3c2c1.CSc1ccc(-c2c(-n3c4ccc(C(C)(C)C)cc4c4cc(C(C)(C)C)ccc43)c(-n3c4ccc(C(C)(C)C)cc4c4cc(C(C)(C)C)ccc43)c(C#N)c(-n3c4ccc(C(C)(C)C)cc4c4cc(C(C)(C)C)ccc43)c2-n2c3ccc(C(C)(C)C)cc3c3cc(C(C)(C)C)ccc32)cc1.CSc1ccc(-c2c(F)c(F)c(C#N)c(F)c2F)cc1. The number of nitriles is 2. The second-order valence-corrected chi connectivity index (χ2v) is 50.9. The van der Waals surface area contributed by atoms with E-state index in [1.165, 1.54) is 128 Å². The van der Waals surface area contributed by atoms with Gasteiger partial charge >= 0.3 is 0 Å². The monoisotopic (exact) mass is 1910 g/mol. The topological polar surface area (TPSA) is 83.1 Å². The van der Waals surface area contributed by atoms with E-state index in [2.05, 4.69) is 450 Å². The minimum absolute atomic E-state index is 0.0000831. The lowest BCUT2D eigenvalue weighted by Crippen LogP contribution is -2.17. The summed E-state index contributed by atoms with van der Waals surface area (Å²) in [5, 5.41) is 34.2. The third-order valence-corrected chi connectivity index (χ3v) is 30.3. The number of fused-ring (bicyclic) bond motifs is 15. The van der Waals surface area contributed by atoms with Crippen LogP contribution in [-0.2, 0) is 54.1 Å². The third-order valence-electron chi connectivity index (χ3n) is 28.9. The number of aromatic amines is 1. The zero-order valence-corrected chi connectivity index (χ0v) is 90.1. The van der Waals surface area contributed by atoms with Gasteiger partial charge in [0, 0.05) is 80.3 Å². The van der Waals surface area contributed by atoms with Crippen molar-refractivity contribution in [2.45, 2.75) is 272 Å². The van der Waals surface area contributed by atoms with Crippen LogP contribution in [0.15, 0.2) is 240 Å². The summed E-state index contributed by atoms with van der Waals surface area (Å²) in [7, 11) is 0. The Hall–Kier alpha value is -12.5. The molecule has 5 aromatic heterocycles. The van der Waals surface area contributed by atoms with Gasteiger partial charge in [0.15, 0.2) is 23.3 Å². The fourth-order valence-corrected chi connectivity index (χ4v) is 20.9. The highest BCUT2D eigenvalue weighted by Crippen LogP contribution is 2.55. The number of H-pyrrole nitrogens is 1. The number of nitrogens with zero attached hydrogens (tertiary/aromatic N) is 6. The molecule has 14 aromatic carbocycles. The average molecular weight is 1910 g/mol. The van der Waals surface area contributed by atoms with Gasteiger partial charge in [-0.2, -0.15) is 10.5 Å². The number of rotatable bonds is 8. The normalized spacial score (nSPS) is 13.0. The molecule has 0 radical (unpaired) electrons. The van der Waals surface area contributed by atoms with E-state index in [0.717, 1.165) is 111 Å². The van der Waals surface area contributed by atoms with Crippen LogP contribution in [0.3, 0.4) is 0 Å². The molecule has 0 bridgehead atoms. The van der Waals surface area contributed by atoms with Crippen molar-refractivity contribution in [3.05, 3.63) is 321 Å². The number of benzene rings is 14. The Balaban J connectivity index is 0.000000272. The van der Waals surface area contributed by atoms with Gasteiger partial charge in [0.05, 0.1) is 72.4 Å². The van der Waals surface area contributed by atoms with Crippen LogP contribution in [0.1, 0.15) is 274 Å². The van der Waals surface area contributed by atoms with Crippen LogP contribution in [0, 0.1) is 45.9 Å². The Labute approximate surface area is 839 Å². The van der Waals surface area contributed by atoms with E-state index < -0.39 is 34.4 Å². The van der Waals surface area contributed by atoms with Crippen molar-refractivity contribution in [3.63, 3.8) is 0 Å². The lowest BCUT2D eigenvalue weighted by atomic mass is 9.85. The first-order chi connectivity index (χ1) is 65.7. The summed E-state index contributed by atoms with van der Waals surface area (Å²) in [6.07, 6.45) is 3.99. The minimum Gasteiger partial charge on any atom is -0.355 e. The molecule has 1 N–H and O–H groups in total. The van der Waals surface area contributed by atoms with Crippen molar-refractivity contribution in [1.82, 2.24) is 23.3 Å². The molecule has 0 saturated heterocycles. The van der Waals surface area contributed by atoms with Gasteiger partial charge in [-0.3, -0.25) is 0 Å². The molecule has 0 unspecified atom stereocenters. The molecule has 13 heteroatoms. The summed E-state index contributed by atoms with van der Waals surface area (Å²) >= 11 is 3.17. The molecule has 0 aliphatic rings. The number of halogens is 4. The van der Waals surface area contributed by atoms with Crippen molar-refractivity contribution in [2.24, 2.45) is 0 Å². The van der Waals surface area contributed by atoms with Crippen LogP contribution in [-0.4, -0.2) is 35.8 Å². The Bertz CT molecular complexity index is 7670. The highest BCUT2D eigenvalue weighted by atomic mass is 32.2. The van der Waals surface area contributed by atoms with Crippen molar-refractivity contribution < 1.29 is 17.6 Å². The molecule has 722 valence electrons. The predicted octanol–water partition coefficient (Wildman–Crippen LogP) is 37.1. The zero-order chi connectivity index (χ0) is 102. The van der Waals surface area contributed by atoms with E-state index in [4.69, 9.17) is 5.26 Å². The lowest BCUT2D eigenvalue weighted by molar-refractivity contribution is 0.454. The van der Waals surface area contributed by atoms with Gasteiger partial charge in [-0.05, 0) is 279 Å². The maximum atomic E-state index is 13.8. The molecule has 141 heavy (non-hydrogen) atoms. The Morgan fingerprint density at radius 3 is 0.596 bits per heavy atom. The second-order valence-electron chi connectivity index (χ2n) is 49.2. The molecular formula is C128H135F4N7S2. The van der Waals surface area contributed by atoms with E-state index in [1.807, 2.05) is 6.26 Å². The van der Waals surface area contributed by atoms with Gasteiger partial charge in [-0.15, -0.1) is 23.5 Å². The number of aromatic nitrogens is 5. The van der Waals surface area contributed by atoms with Gasteiger partial charge < -0.3 is 23.3 Å². The van der Waals surface area contributed by atoms with Crippen molar-refractivity contribution >= 4 is 133 Å². The number of hydrogen-bond donors (Lipinski definition) is 1. The number of hydrogen-bond acceptors (Lipinski definition) is 4. The maximum Gasteiger partial charge on any atom is 0.180 e. The second kappa shape index (κ2) is 35.3. The molecule has 19 rings (SSSR count). The van der Waals surface area contributed by atoms with Crippen molar-refractivity contribution in [3.8, 4) is 57.1 Å². The van der Waals surface area contributed by atoms with Crippen LogP contribution in [0.4, 0.5) is 17.6 Å². The molecule has 19 aromatic rings. The first-order valence-corrected chi connectivity index (χ1v) is 51.8. The molecule has 0 atom stereocenters. The molecule has 0 aliphatic carbocycles. The summed E-state index contributed by atoms with van der Waals surface area (Å²) in [6, 6.07) is 90.8. The Morgan fingerprint density at radius 1 is 0.220 bits per heavy atom.